The topological polar surface area (TPSA) is 38.3 Å². The van der Waals surface area contributed by atoms with Crippen LogP contribution in [-0.2, 0) is 4.74 Å². The van der Waals surface area contributed by atoms with Crippen molar-refractivity contribution >= 4 is 6.09 Å². The summed E-state index contributed by atoms with van der Waals surface area (Å²) in [5.41, 5.74) is 0. The molecular weight excluding hydrogens is 166 g/mol. The number of amides is 1. The SMILES string of the molecule is CCC=C(C)OC(=O)NC1CCC1. The van der Waals surface area contributed by atoms with Crippen molar-refractivity contribution in [3.8, 4) is 0 Å². The molecule has 1 rings (SSSR count). The Balaban J connectivity index is 2.19. The van der Waals surface area contributed by atoms with Crippen molar-refractivity contribution in [3.05, 3.63) is 11.8 Å². The molecular formula is C10H17NO2. The first-order valence-electron chi connectivity index (χ1n) is 4.87. The third-order valence-electron chi connectivity index (χ3n) is 2.17. The van der Waals surface area contributed by atoms with Gasteiger partial charge in [-0.3, -0.25) is 0 Å². The van der Waals surface area contributed by atoms with Gasteiger partial charge in [0, 0.05) is 6.04 Å². The largest absolute Gasteiger partial charge is 0.416 e. The van der Waals surface area contributed by atoms with Crippen molar-refractivity contribution in [3.63, 3.8) is 0 Å². The summed E-state index contributed by atoms with van der Waals surface area (Å²) in [5, 5.41) is 2.80. The van der Waals surface area contributed by atoms with Crippen molar-refractivity contribution in [1.82, 2.24) is 5.32 Å². The Morgan fingerprint density at radius 2 is 2.31 bits per heavy atom. The first-order chi connectivity index (χ1) is 6.22. The van der Waals surface area contributed by atoms with E-state index in [9.17, 15) is 4.79 Å². The second-order valence-corrected chi connectivity index (χ2v) is 3.38. The van der Waals surface area contributed by atoms with Crippen LogP contribution in [-0.4, -0.2) is 12.1 Å². The molecule has 1 N–H and O–H groups in total. The summed E-state index contributed by atoms with van der Waals surface area (Å²) >= 11 is 0. The van der Waals surface area contributed by atoms with Crippen LogP contribution in [0, 0.1) is 0 Å². The van der Waals surface area contributed by atoms with Gasteiger partial charge in [0.25, 0.3) is 0 Å². The molecule has 1 aliphatic rings. The third kappa shape index (κ3) is 3.49. The molecule has 3 heteroatoms. The summed E-state index contributed by atoms with van der Waals surface area (Å²) in [6.45, 7) is 3.81. The second kappa shape index (κ2) is 4.90. The summed E-state index contributed by atoms with van der Waals surface area (Å²) in [7, 11) is 0. The van der Waals surface area contributed by atoms with E-state index in [-0.39, 0.29) is 6.09 Å². The molecule has 0 bridgehead atoms. The molecule has 13 heavy (non-hydrogen) atoms. The van der Waals surface area contributed by atoms with Crippen LogP contribution in [0.15, 0.2) is 11.8 Å². The zero-order valence-corrected chi connectivity index (χ0v) is 8.30. The molecule has 0 unspecified atom stereocenters. The Morgan fingerprint density at radius 3 is 2.77 bits per heavy atom. The van der Waals surface area contributed by atoms with Gasteiger partial charge in [-0.25, -0.2) is 4.79 Å². The minimum absolute atomic E-state index is 0.313. The van der Waals surface area contributed by atoms with Crippen LogP contribution in [0.5, 0.6) is 0 Å². The normalized spacial score (nSPS) is 17.8. The monoisotopic (exact) mass is 183 g/mol. The van der Waals surface area contributed by atoms with Crippen molar-refractivity contribution in [1.29, 1.82) is 0 Å². The highest BCUT2D eigenvalue weighted by Crippen LogP contribution is 2.18. The third-order valence-corrected chi connectivity index (χ3v) is 2.17. The van der Waals surface area contributed by atoms with Crippen molar-refractivity contribution in [2.45, 2.75) is 45.6 Å². The van der Waals surface area contributed by atoms with Gasteiger partial charge in [0.15, 0.2) is 0 Å². The zero-order chi connectivity index (χ0) is 9.68. The fourth-order valence-corrected chi connectivity index (χ4v) is 1.22. The van der Waals surface area contributed by atoms with Gasteiger partial charge in [-0.15, -0.1) is 0 Å². The van der Waals surface area contributed by atoms with E-state index in [1.165, 1.54) is 6.42 Å². The van der Waals surface area contributed by atoms with E-state index in [1.54, 1.807) is 6.92 Å². The van der Waals surface area contributed by atoms with E-state index in [1.807, 2.05) is 13.0 Å². The van der Waals surface area contributed by atoms with E-state index >= 15 is 0 Å². The summed E-state index contributed by atoms with van der Waals surface area (Å²) in [6.07, 6.45) is 5.86. The number of allylic oxidation sites excluding steroid dienone is 2. The number of rotatable bonds is 3. The van der Waals surface area contributed by atoms with E-state index in [2.05, 4.69) is 5.32 Å². The van der Waals surface area contributed by atoms with Crippen LogP contribution in [0.3, 0.4) is 0 Å². The van der Waals surface area contributed by atoms with Crippen LogP contribution in [0.2, 0.25) is 0 Å². The lowest BCUT2D eigenvalue weighted by molar-refractivity contribution is 0.164. The van der Waals surface area contributed by atoms with Crippen molar-refractivity contribution < 1.29 is 9.53 Å². The Hall–Kier alpha value is -0.990. The van der Waals surface area contributed by atoms with Crippen LogP contribution in [0.1, 0.15) is 39.5 Å². The molecule has 0 radical (unpaired) electrons. The average Bonchev–Trinajstić information content (AvgIpc) is 1.97. The maximum Gasteiger partial charge on any atom is 0.412 e. The summed E-state index contributed by atoms with van der Waals surface area (Å²) in [5.74, 6) is 0.680. The van der Waals surface area contributed by atoms with Crippen LogP contribution >= 0.6 is 0 Å². The highest BCUT2D eigenvalue weighted by molar-refractivity contribution is 5.68. The number of alkyl carbamates (subject to hydrolysis) is 1. The van der Waals surface area contributed by atoms with Crippen LogP contribution < -0.4 is 5.32 Å². The molecule has 0 aliphatic heterocycles. The van der Waals surface area contributed by atoms with E-state index in [0.717, 1.165) is 19.3 Å². The predicted molar refractivity (Wildman–Crippen MR) is 51.3 cm³/mol. The Morgan fingerprint density at radius 1 is 1.62 bits per heavy atom. The average molecular weight is 183 g/mol. The molecule has 0 atom stereocenters. The molecule has 74 valence electrons. The van der Waals surface area contributed by atoms with Gasteiger partial charge in [0.05, 0.1) is 0 Å². The molecule has 0 aromatic carbocycles. The summed E-state index contributed by atoms with van der Waals surface area (Å²) < 4.78 is 5.01. The van der Waals surface area contributed by atoms with Gasteiger partial charge >= 0.3 is 6.09 Å². The molecule has 1 saturated carbocycles. The second-order valence-electron chi connectivity index (χ2n) is 3.38. The predicted octanol–water partition coefficient (Wildman–Crippen LogP) is 2.58. The number of carbonyl (C=O) groups excluding carboxylic acids is 1. The molecule has 0 saturated heterocycles. The minimum Gasteiger partial charge on any atom is -0.416 e. The fourth-order valence-electron chi connectivity index (χ4n) is 1.22. The Bertz CT molecular complexity index is 207. The van der Waals surface area contributed by atoms with Crippen LogP contribution in [0.25, 0.3) is 0 Å². The van der Waals surface area contributed by atoms with E-state index < -0.39 is 0 Å². The maximum atomic E-state index is 11.2. The standard InChI is InChI=1S/C10H17NO2/c1-3-5-8(2)13-10(12)11-9-6-4-7-9/h5,9H,3-4,6-7H2,1-2H3,(H,11,12). The fraction of sp³-hybridized carbons (Fsp3) is 0.700. The van der Waals surface area contributed by atoms with Gasteiger partial charge < -0.3 is 10.1 Å². The van der Waals surface area contributed by atoms with E-state index in [4.69, 9.17) is 4.74 Å². The van der Waals surface area contributed by atoms with Gasteiger partial charge in [-0.1, -0.05) is 6.92 Å². The molecule has 0 aromatic heterocycles. The Kier molecular flexibility index (Phi) is 3.80. The number of nitrogens with one attached hydrogen (secondary N) is 1. The minimum atomic E-state index is -0.313. The number of hydrogen-bond acceptors (Lipinski definition) is 2. The van der Waals surface area contributed by atoms with Gasteiger partial charge in [-0.2, -0.15) is 0 Å². The van der Waals surface area contributed by atoms with Gasteiger partial charge in [0.2, 0.25) is 0 Å². The Labute approximate surface area is 79.2 Å². The molecule has 3 nitrogen and oxygen atoms in total. The number of hydrogen-bond donors (Lipinski definition) is 1. The molecule has 1 fully saturated rings. The number of carbonyl (C=O) groups is 1. The summed E-state index contributed by atoms with van der Waals surface area (Å²) in [4.78, 5) is 11.2. The summed E-state index contributed by atoms with van der Waals surface area (Å²) in [6, 6.07) is 0.349. The number of ether oxygens (including phenoxy) is 1. The lowest BCUT2D eigenvalue weighted by Crippen LogP contribution is -2.39. The lowest BCUT2D eigenvalue weighted by atomic mass is 9.93. The molecule has 1 amide bonds. The lowest BCUT2D eigenvalue weighted by Gasteiger charge is -2.25. The highest BCUT2D eigenvalue weighted by Gasteiger charge is 2.19. The molecule has 0 aromatic rings. The van der Waals surface area contributed by atoms with Crippen LogP contribution in [0.4, 0.5) is 4.79 Å². The first kappa shape index (κ1) is 10.1. The molecule has 0 heterocycles. The first-order valence-corrected chi connectivity index (χ1v) is 4.87. The molecule has 1 aliphatic carbocycles. The van der Waals surface area contributed by atoms with Gasteiger partial charge in [0.1, 0.15) is 5.76 Å². The van der Waals surface area contributed by atoms with Gasteiger partial charge in [-0.05, 0) is 38.7 Å². The van der Waals surface area contributed by atoms with E-state index in [0.29, 0.717) is 11.8 Å². The van der Waals surface area contributed by atoms with Crippen molar-refractivity contribution in [2.75, 3.05) is 0 Å². The highest BCUT2D eigenvalue weighted by atomic mass is 16.6. The van der Waals surface area contributed by atoms with Crippen molar-refractivity contribution in [2.24, 2.45) is 0 Å². The zero-order valence-electron chi connectivity index (χ0n) is 8.30. The smallest absolute Gasteiger partial charge is 0.412 e. The quantitative estimate of drug-likeness (QED) is 0.683. The molecule has 0 spiro atoms. The maximum absolute atomic E-state index is 11.2.